The van der Waals surface area contributed by atoms with Crippen LogP contribution in [0, 0.1) is 0 Å². The molecule has 72 valence electrons. The minimum Gasteiger partial charge on any atom is -0.300 e. The fourth-order valence-corrected chi connectivity index (χ4v) is 2.27. The van der Waals surface area contributed by atoms with Gasteiger partial charge >= 0.3 is 0 Å². The number of rotatable bonds is 1. The Morgan fingerprint density at radius 3 is 2.31 bits per heavy atom. The van der Waals surface area contributed by atoms with Gasteiger partial charge in [0.2, 0.25) is 0 Å². The Labute approximate surface area is 78.1 Å². The summed E-state index contributed by atoms with van der Waals surface area (Å²) in [6.45, 7) is 1.60. The number of carbonyl (C=O) groups excluding carboxylic acids is 2. The number of Topliss-reactive ketones (excluding diaryl/α,β-unsaturated/α-hetero) is 2. The molecule has 1 unspecified atom stereocenters. The van der Waals surface area contributed by atoms with Crippen LogP contribution in [0.4, 0.5) is 0 Å². The van der Waals surface area contributed by atoms with Gasteiger partial charge in [-0.25, -0.2) is 0 Å². The van der Waals surface area contributed by atoms with E-state index in [9.17, 15) is 9.59 Å². The van der Waals surface area contributed by atoms with E-state index in [2.05, 4.69) is 4.90 Å². The van der Waals surface area contributed by atoms with E-state index in [4.69, 9.17) is 0 Å². The van der Waals surface area contributed by atoms with Crippen LogP contribution in [0.1, 0.15) is 32.1 Å². The number of piperidine rings is 1. The van der Waals surface area contributed by atoms with Crippen LogP contribution in [0.2, 0.25) is 0 Å². The van der Waals surface area contributed by atoms with E-state index in [0.29, 0.717) is 24.4 Å². The molecule has 2 aliphatic rings. The average Bonchev–Trinajstić information content (AvgIpc) is 2.53. The summed E-state index contributed by atoms with van der Waals surface area (Å²) < 4.78 is 0. The van der Waals surface area contributed by atoms with Crippen molar-refractivity contribution < 1.29 is 9.59 Å². The second-order valence-electron chi connectivity index (χ2n) is 3.95. The van der Waals surface area contributed by atoms with E-state index in [0.717, 1.165) is 32.4 Å². The first-order valence-electron chi connectivity index (χ1n) is 5.06. The highest BCUT2D eigenvalue weighted by Gasteiger charge is 2.31. The summed E-state index contributed by atoms with van der Waals surface area (Å²) in [4.78, 5) is 24.6. The van der Waals surface area contributed by atoms with Gasteiger partial charge in [-0.2, -0.15) is 0 Å². The molecule has 1 saturated heterocycles. The summed E-state index contributed by atoms with van der Waals surface area (Å²) in [6, 6.07) is 0.146. The maximum Gasteiger partial charge on any atom is 0.149 e. The highest BCUT2D eigenvalue weighted by molar-refractivity contribution is 5.86. The van der Waals surface area contributed by atoms with E-state index in [1.54, 1.807) is 0 Å². The van der Waals surface area contributed by atoms with Crippen LogP contribution in [0.3, 0.4) is 0 Å². The third-order valence-electron chi connectivity index (χ3n) is 3.07. The van der Waals surface area contributed by atoms with Crippen LogP contribution in [0.5, 0.6) is 0 Å². The third-order valence-corrected chi connectivity index (χ3v) is 3.07. The zero-order valence-electron chi connectivity index (χ0n) is 7.79. The van der Waals surface area contributed by atoms with Gasteiger partial charge in [0.1, 0.15) is 11.6 Å². The molecule has 0 bridgehead atoms. The molecule has 0 aromatic rings. The molecule has 1 aliphatic carbocycles. The fraction of sp³-hybridized carbons (Fsp3) is 0.800. The lowest BCUT2D eigenvalue weighted by Crippen LogP contribution is -2.43. The summed E-state index contributed by atoms with van der Waals surface area (Å²) in [5, 5.41) is 0. The van der Waals surface area contributed by atoms with E-state index in [1.807, 2.05) is 0 Å². The lowest BCUT2D eigenvalue weighted by atomic mass is 10.1. The number of ketones is 2. The topological polar surface area (TPSA) is 37.4 Å². The molecule has 1 saturated carbocycles. The van der Waals surface area contributed by atoms with Gasteiger partial charge in [-0.3, -0.25) is 14.5 Å². The van der Waals surface area contributed by atoms with Gasteiger partial charge in [0.25, 0.3) is 0 Å². The molecule has 1 atom stereocenters. The van der Waals surface area contributed by atoms with Gasteiger partial charge in [0, 0.05) is 32.4 Å². The first-order valence-corrected chi connectivity index (χ1v) is 5.06. The van der Waals surface area contributed by atoms with Crippen molar-refractivity contribution in [2.24, 2.45) is 0 Å². The van der Waals surface area contributed by atoms with Gasteiger partial charge in [0.05, 0.1) is 6.04 Å². The molecule has 0 radical (unpaired) electrons. The summed E-state index contributed by atoms with van der Waals surface area (Å²) >= 11 is 0. The average molecular weight is 181 g/mol. The van der Waals surface area contributed by atoms with Gasteiger partial charge in [-0.1, -0.05) is 0 Å². The van der Waals surface area contributed by atoms with Crippen molar-refractivity contribution >= 4 is 11.6 Å². The number of hydrogen-bond donors (Lipinski definition) is 0. The van der Waals surface area contributed by atoms with Crippen LogP contribution in [-0.2, 0) is 9.59 Å². The van der Waals surface area contributed by atoms with Crippen LogP contribution in [0.15, 0.2) is 0 Å². The first-order chi connectivity index (χ1) is 6.27. The van der Waals surface area contributed by atoms with E-state index < -0.39 is 0 Å². The Balaban J connectivity index is 1.93. The van der Waals surface area contributed by atoms with Crippen molar-refractivity contribution in [2.45, 2.75) is 38.1 Å². The molecular formula is C10H15NO2. The lowest BCUT2D eigenvalue weighted by Gasteiger charge is -2.30. The quantitative estimate of drug-likeness (QED) is 0.599. The highest BCUT2D eigenvalue weighted by Crippen LogP contribution is 2.22. The zero-order valence-corrected chi connectivity index (χ0v) is 7.79. The molecule has 0 N–H and O–H groups in total. The maximum absolute atomic E-state index is 11.4. The molecular weight excluding hydrogens is 166 g/mol. The Kier molecular flexibility index (Phi) is 2.44. The minimum atomic E-state index is 0.146. The van der Waals surface area contributed by atoms with Crippen molar-refractivity contribution in [3.8, 4) is 0 Å². The summed E-state index contributed by atoms with van der Waals surface area (Å²) in [5.41, 5.74) is 0. The van der Waals surface area contributed by atoms with Gasteiger partial charge in [-0.15, -0.1) is 0 Å². The monoisotopic (exact) mass is 181 g/mol. The van der Waals surface area contributed by atoms with Gasteiger partial charge < -0.3 is 0 Å². The Morgan fingerprint density at radius 2 is 1.77 bits per heavy atom. The van der Waals surface area contributed by atoms with Crippen LogP contribution >= 0.6 is 0 Å². The molecule has 0 aromatic carbocycles. The minimum absolute atomic E-state index is 0.146. The van der Waals surface area contributed by atoms with Gasteiger partial charge in [-0.05, 0) is 12.8 Å². The van der Waals surface area contributed by atoms with Crippen molar-refractivity contribution in [3.63, 3.8) is 0 Å². The van der Waals surface area contributed by atoms with E-state index in [1.165, 1.54) is 0 Å². The van der Waals surface area contributed by atoms with E-state index in [-0.39, 0.29) is 6.04 Å². The highest BCUT2D eigenvalue weighted by atomic mass is 16.1. The third kappa shape index (κ3) is 1.80. The molecule has 2 fully saturated rings. The zero-order chi connectivity index (χ0) is 9.26. The number of carbonyl (C=O) groups is 2. The molecule has 2 rings (SSSR count). The number of likely N-dealkylation sites (tertiary alicyclic amines) is 1. The number of nitrogens with zero attached hydrogens (tertiary/aromatic N) is 1. The van der Waals surface area contributed by atoms with Crippen molar-refractivity contribution in [3.05, 3.63) is 0 Å². The summed E-state index contributed by atoms with van der Waals surface area (Å²) in [6.07, 6.45) is 4.07. The predicted molar refractivity (Wildman–Crippen MR) is 48.5 cm³/mol. The normalized spacial score (nSPS) is 31.2. The Bertz CT molecular complexity index is 227. The first kappa shape index (κ1) is 8.88. The number of hydrogen-bond acceptors (Lipinski definition) is 3. The molecule has 3 nitrogen and oxygen atoms in total. The van der Waals surface area contributed by atoms with E-state index >= 15 is 0 Å². The molecule has 0 spiro atoms. The van der Waals surface area contributed by atoms with Crippen LogP contribution in [-0.4, -0.2) is 35.6 Å². The largest absolute Gasteiger partial charge is 0.300 e. The standard InChI is InChI=1S/C10H15NO2/c12-8-4-6-11(7-5-8)9-2-1-3-10(9)13/h9H,1-7H2. The molecule has 1 heterocycles. The van der Waals surface area contributed by atoms with Crippen molar-refractivity contribution in [1.82, 2.24) is 4.90 Å². The van der Waals surface area contributed by atoms with Crippen LogP contribution < -0.4 is 0 Å². The molecule has 1 aliphatic heterocycles. The Morgan fingerprint density at radius 1 is 1.08 bits per heavy atom. The predicted octanol–water partition coefficient (Wildman–Crippen LogP) is 0.773. The summed E-state index contributed by atoms with van der Waals surface area (Å²) in [5.74, 6) is 0.732. The van der Waals surface area contributed by atoms with Gasteiger partial charge in [0.15, 0.2) is 0 Å². The smallest absolute Gasteiger partial charge is 0.149 e. The molecule has 0 aromatic heterocycles. The maximum atomic E-state index is 11.4. The molecule has 3 heteroatoms. The van der Waals surface area contributed by atoms with Crippen molar-refractivity contribution in [1.29, 1.82) is 0 Å². The second-order valence-corrected chi connectivity index (χ2v) is 3.95. The lowest BCUT2D eigenvalue weighted by molar-refractivity contribution is -0.126. The molecule has 13 heavy (non-hydrogen) atoms. The van der Waals surface area contributed by atoms with Crippen LogP contribution in [0.25, 0.3) is 0 Å². The Hall–Kier alpha value is -0.700. The molecule has 0 amide bonds. The second kappa shape index (κ2) is 3.58. The van der Waals surface area contributed by atoms with Crippen molar-refractivity contribution in [2.75, 3.05) is 13.1 Å². The fourth-order valence-electron chi connectivity index (χ4n) is 2.27. The SMILES string of the molecule is O=C1CCN(C2CCCC2=O)CC1. The summed E-state index contributed by atoms with van der Waals surface area (Å²) in [7, 11) is 0.